The standard InChI is InChI=1S/C28H23NO.H2/c1-2-6-24-20(4-1)5-3-7-25(24)23-17-21-12-14-29-27(26(21)18-23)10-8-19-9-11-28-22(16-19)13-15-30-28;/h1-7,9,11-12,14,16-17H,8,10,13,15,18H2;1H. The molecule has 0 atom stereocenters. The number of ether oxygens (including phenoxy) is 1. The molecule has 0 saturated carbocycles. The van der Waals surface area contributed by atoms with Crippen molar-refractivity contribution in [2.45, 2.75) is 25.7 Å². The lowest BCUT2D eigenvalue weighted by atomic mass is 9.96. The van der Waals surface area contributed by atoms with Crippen LogP contribution < -0.4 is 4.74 Å². The van der Waals surface area contributed by atoms with Gasteiger partial charge >= 0.3 is 0 Å². The summed E-state index contributed by atoms with van der Waals surface area (Å²) >= 11 is 0. The van der Waals surface area contributed by atoms with Crippen LogP contribution in [0.1, 0.15) is 34.9 Å². The summed E-state index contributed by atoms with van der Waals surface area (Å²) in [6, 6.07) is 24.1. The number of hydrogen-bond donors (Lipinski definition) is 0. The minimum Gasteiger partial charge on any atom is -0.493 e. The lowest BCUT2D eigenvalue weighted by Gasteiger charge is -2.10. The molecule has 2 nitrogen and oxygen atoms in total. The molecule has 0 fully saturated rings. The summed E-state index contributed by atoms with van der Waals surface area (Å²) in [5, 5.41) is 2.62. The number of pyridine rings is 1. The molecule has 1 aliphatic carbocycles. The Balaban J connectivity index is 0.00000204. The summed E-state index contributed by atoms with van der Waals surface area (Å²) < 4.78 is 5.64. The zero-order chi connectivity index (χ0) is 19.9. The van der Waals surface area contributed by atoms with Gasteiger partial charge in [0.25, 0.3) is 0 Å². The fraction of sp³-hybridized carbons (Fsp3) is 0.179. The van der Waals surface area contributed by atoms with Crippen molar-refractivity contribution in [1.82, 2.24) is 4.98 Å². The van der Waals surface area contributed by atoms with Gasteiger partial charge in [0.15, 0.2) is 0 Å². The van der Waals surface area contributed by atoms with Crippen molar-refractivity contribution >= 4 is 22.4 Å². The van der Waals surface area contributed by atoms with Crippen LogP contribution in [0.4, 0.5) is 0 Å². The molecule has 30 heavy (non-hydrogen) atoms. The number of rotatable bonds is 4. The summed E-state index contributed by atoms with van der Waals surface area (Å²) in [5.41, 5.74) is 9.41. The molecule has 0 spiro atoms. The average molecular weight is 392 g/mol. The van der Waals surface area contributed by atoms with Gasteiger partial charge in [-0.15, -0.1) is 0 Å². The molecule has 0 N–H and O–H groups in total. The van der Waals surface area contributed by atoms with E-state index in [1.54, 1.807) is 0 Å². The molecule has 0 amide bonds. The first-order valence-electron chi connectivity index (χ1n) is 10.8. The van der Waals surface area contributed by atoms with Crippen LogP contribution in [0.15, 0.2) is 72.9 Å². The van der Waals surface area contributed by atoms with E-state index in [4.69, 9.17) is 9.72 Å². The van der Waals surface area contributed by atoms with Crippen molar-refractivity contribution < 1.29 is 6.16 Å². The maximum Gasteiger partial charge on any atom is 0.122 e. The number of aromatic nitrogens is 1. The van der Waals surface area contributed by atoms with Gasteiger partial charge in [-0.05, 0) is 69.1 Å². The number of allylic oxidation sites excluding steroid dienone is 1. The lowest BCUT2D eigenvalue weighted by Crippen LogP contribution is -2.01. The van der Waals surface area contributed by atoms with Gasteiger partial charge in [0, 0.05) is 26.2 Å². The van der Waals surface area contributed by atoms with Gasteiger partial charge in [-0.2, -0.15) is 0 Å². The minimum absolute atomic E-state index is 0. The van der Waals surface area contributed by atoms with E-state index in [1.165, 1.54) is 49.9 Å². The second-order valence-electron chi connectivity index (χ2n) is 8.24. The molecule has 0 bridgehead atoms. The summed E-state index contributed by atoms with van der Waals surface area (Å²) in [7, 11) is 0. The van der Waals surface area contributed by atoms with E-state index in [9.17, 15) is 0 Å². The topological polar surface area (TPSA) is 22.1 Å². The third kappa shape index (κ3) is 3.00. The molecule has 0 saturated heterocycles. The van der Waals surface area contributed by atoms with Crippen molar-refractivity contribution in [3.05, 3.63) is 106 Å². The molecule has 0 unspecified atom stereocenters. The van der Waals surface area contributed by atoms with E-state index >= 15 is 0 Å². The molecule has 3 aromatic carbocycles. The fourth-order valence-electron chi connectivity index (χ4n) is 4.87. The van der Waals surface area contributed by atoms with Gasteiger partial charge in [-0.1, -0.05) is 60.7 Å². The zero-order valence-corrected chi connectivity index (χ0v) is 16.9. The first-order chi connectivity index (χ1) is 14.8. The van der Waals surface area contributed by atoms with Gasteiger partial charge in [0.1, 0.15) is 5.75 Å². The molecule has 2 heterocycles. The number of aryl methyl sites for hydroxylation is 2. The molecule has 6 rings (SSSR count). The van der Waals surface area contributed by atoms with Gasteiger partial charge in [0.05, 0.1) is 6.61 Å². The first-order valence-corrected chi connectivity index (χ1v) is 10.8. The van der Waals surface area contributed by atoms with Crippen molar-refractivity contribution in [1.29, 1.82) is 0 Å². The molecule has 2 aliphatic rings. The van der Waals surface area contributed by atoms with Crippen LogP contribution in [-0.2, 0) is 25.7 Å². The van der Waals surface area contributed by atoms with E-state index in [2.05, 4.69) is 72.8 Å². The molecular weight excluding hydrogens is 366 g/mol. The van der Waals surface area contributed by atoms with Gasteiger partial charge in [-0.3, -0.25) is 4.98 Å². The van der Waals surface area contributed by atoms with E-state index < -0.39 is 0 Å². The van der Waals surface area contributed by atoms with E-state index in [0.29, 0.717) is 0 Å². The van der Waals surface area contributed by atoms with Gasteiger partial charge in [0.2, 0.25) is 0 Å². The maximum absolute atomic E-state index is 5.64. The van der Waals surface area contributed by atoms with Crippen LogP contribution in [0, 0.1) is 0 Å². The second kappa shape index (κ2) is 7.14. The highest BCUT2D eigenvalue weighted by molar-refractivity contribution is 6.00. The Morgan fingerprint density at radius 2 is 1.87 bits per heavy atom. The van der Waals surface area contributed by atoms with Crippen LogP contribution in [0.5, 0.6) is 5.75 Å². The Hall–Kier alpha value is -3.39. The zero-order valence-electron chi connectivity index (χ0n) is 16.9. The molecular formula is C28H25NO. The van der Waals surface area contributed by atoms with Crippen LogP contribution in [0.2, 0.25) is 0 Å². The average Bonchev–Trinajstić information content (AvgIpc) is 3.44. The molecule has 2 heteroatoms. The predicted octanol–water partition coefficient (Wildman–Crippen LogP) is 6.30. The van der Waals surface area contributed by atoms with Crippen molar-refractivity contribution in [2.24, 2.45) is 0 Å². The molecule has 1 aromatic heterocycles. The maximum atomic E-state index is 5.64. The first kappa shape index (κ1) is 17.5. The largest absolute Gasteiger partial charge is 0.493 e. The number of hydrogen-bond acceptors (Lipinski definition) is 2. The lowest BCUT2D eigenvalue weighted by molar-refractivity contribution is 0.357. The van der Waals surface area contributed by atoms with Crippen LogP contribution in [-0.4, -0.2) is 11.6 Å². The fourth-order valence-corrected chi connectivity index (χ4v) is 4.87. The Labute approximate surface area is 178 Å². The normalized spacial score (nSPS) is 14.3. The summed E-state index contributed by atoms with van der Waals surface area (Å²) in [6.45, 7) is 0.815. The van der Waals surface area contributed by atoms with Crippen LogP contribution in [0.25, 0.3) is 22.4 Å². The number of nitrogens with zero attached hydrogens (tertiary/aromatic N) is 1. The highest BCUT2D eigenvalue weighted by atomic mass is 16.5. The predicted molar refractivity (Wildman–Crippen MR) is 125 cm³/mol. The Morgan fingerprint density at radius 1 is 0.933 bits per heavy atom. The quantitative estimate of drug-likeness (QED) is 0.407. The van der Waals surface area contributed by atoms with E-state index in [0.717, 1.165) is 38.0 Å². The monoisotopic (exact) mass is 391 g/mol. The third-order valence-corrected chi connectivity index (χ3v) is 6.42. The van der Waals surface area contributed by atoms with Crippen LogP contribution >= 0.6 is 0 Å². The van der Waals surface area contributed by atoms with Crippen LogP contribution in [0.3, 0.4) is 0 Å². The highest BCUT2D eigenvalue weighted by Crippen LogP contribution is 2.36. The smallest absolute Gasteiger partial charge is 0.122 e. The Bertz CT molecular complexity index is 1300. The number of benzene rings is 3. The molecule has 0 radical (unpaired) electrons. The SMILES string of the molecule is C1=C(c2cccc3ccccc23)Cc2c1ccnc2CCc1ccc2c(c1)CCO2.[HH]. The molecule has 1 aliphatic heterocycles. The van der Waals surface area contributed by atoms with Crippen molar-refractivity contribution in [2.75, 3.05) is 6.61 Å². The van der Waals surface area contributed by atoms with Gasteiger partial charge < -0.3 is 4.74 Å². The Morgan fingerprint density at radius 3 is 2.87 bits per heavy atom. The third-order valence-electron chi connectivity index (χ3n) is 6.42. The summed E-state index contributed by atoms with van der Waals surface area (Å²) in [6.07, 6.45) is 8.30. The molecule has 4 aromatic rings. The van der Waals surface area contributed by atoms with E-state index in [-0.39, 0.29) is 1.43 Å². The van der Waals surface area contributed by atoms with E-state index in [1.807, 2.05) is 6.20 Å². The summed E-state index contributed by atoms with van der Waals surface area (Å²) in [4.78, 5) is 4.77. The second-order valence-corrected chi connectivity index (χ2v) is 8.24. The minimum atomic E-state index is 0. The number of fused-ring (bicyclic) bond motifs is 3. The molecule has 148 valence electrons. The summed E-state index contributed by atoms with van der Waals surface area (Å²) in [5.74, 6) is 1.06. The van der Waals surface area contributed by atoms with Crippen molar-refractivity contribution in [3.63, 3.8) is 0 Å². The van der Waals surface area contributed by atoms with Crippen molar-refractivity contribution in [3.8, 4) is 5.75 Å². The highest BCUT2D eigenvalue weighted by Gasteiger charge is 2.20. The Kier molecular flexibility index (Phi) is 4.16. The van der Waals surface area contributed by atoms with Gasteiger partial charge in [-0.25, -0.2) is 0 Å².